The second kappa shape index (κ2) is 3.99. The largest absolute Gasteiger partial charge is 0.256 e. The highest BCUT2D eigenvalue weighted by atomic mass is 19.1. The molecular weight excluding hydrogens is 129 g/mol. The topological polar surface area (TPSA) is 12.4 Å². The van der Waals surface area contributed by atoms with Crippen LogP contribution in [0.5, 0.6) is 0 Å². The molecule has 0 aliphatic rings. The summed E-state index contributed by atoms with van der Waals surface area (Å²) in [5, 5.41) is 0. The van der Waals surface area contributed by atoms with Crippen LogP contribution in [0.1, 0.15) is 20.8 Å². The first-order valence-electron chi connectivity index (χ1n) is 3.11. The Morgan fingerprint density at radius 2 is 2.00 bits per heavy atom. The Balaban J connectivity index is 4.31. The van der Waals surface area contributed by atoms with Gasteiger partial charge in [-0.1, -0.05) is 12.7 Å². The van der Waals surface area contributed by atoms with E-state index in [0.717, 1.165) is 5.70 Å². The summed E-state index contributed by atoms with van der Waals surface area (Å²) in [5.41, 5.74) is 1.15. The fourth-order valence-electron chi connectivity index (χ4n) is 0.390. The predicted octanol–water partition coefficient (Wildman–Crippen LogP) is 2.85. The zero-order chi connectivity index (χ0) is 8.15. The highest BCUT2D eigenvalue weighted by Gasteiger charge is 1.93. The second-order valence-corrected chi connectivity index (χ2v) is 2.03. The fraction of sp³-hybridized carbons (Fsp3) is 0.375. The quantitative estimate of drug-likeness (QED) is 0.524. The van der Waals surface area contributed by atoms with Crippen molar-refractivity contribution in [1.82, 2.24) is 0 Å². The van der Waals surface area contributed by atoms with Gasteiger partial charge in [0.25, 0.3) is 0 Å². The van der Waals surface area contributed by atoms with E-state index in [1.165, 1.54) is 0 Å². The summed E-state index contributed by atoms with van der Waals surface area (Å²) in [7, 11) is 0. The van der Waals surface area contributed by atoms with Crippen molar-refractivity contribution in [3.05, 3.63) is 24.2 Å². The van der Waals surface area contributed by atoms with E-state index < -0.39 is 5.83 Å². The minimum Gasteiger partial charge on any atom is -0.256 e. The van der Waals surface area contributed by atoms with E-state index >= 15 is 0 Å². The van der Waals surface area contributed by atoms with Gasteiger partial charge in [0.2, 0.25) is 0 Å². The molecule has 0 bridgehead atoms. The van der Waals surface area contributed by atoms with Gasteiger partial charge in [0.1, 0.15) is 5.83 Å². The van der Waals surface area contributed by atoms with Gasteiger partial charge in [-0.05, 0) is 20.8 Å². The maximum atomic E-state index is 12.2. The summed E-state index contributed by atoms with van der Waals surface area (Å²) in [6.45, 7) is 8.38. The molecule has 56 valence electrons. The summed E-state index contributed by atoms with van der Waals surface area (Å²) < 4.78 is 12.2. The van der Waals surface area contributed by atoms with Crippen molar-refractivity contribution in [3.8, 4) is 0 Å². The van der Waals surface area contributed by atoms with Gasteiger partial charge in [-0.3, -0.25) is 4.99 Å². The minimum atomic E-state index is -0.471. The summed E-state index contributed by atoms with van der Waals surface area (Å²) in [4.78, 5) is 3.90. The van der Waals surface area contributed by atoms with Crippen LogP contribution in [0, 0.1) is 0 Å². The van der Waals surface area contributed by atoms with Crippen molar-refractivity contribution in [2.24, 2.45) is 4.99 Å². The van der Waals surface area contributed by atoms with Gasteiger partial charge in [-0.15, -0.1) is 0 Å². The number of aliphatic imine (C=N–C) groups is 1. The molecule has 0 aliphatic heterocycles. The average Bonchev–Trinajstić information content (AvgIpc) is 1.87. The highest BCUT2D eigenvalue weighted by Crippen LogP contribution is 2.01. The molecule has 0 radical (unpaired) electrons. The SMILES string of the molecule is C=C(F)C(C)=N/C(C)=C\C. The third kappa shape index (κ3) is 3.17. The minimum absolute atomic E-state index is 0.343. The van der Waals surface area contributed by atoms with Gasteiger partial charge < -0.3 is 0 Å². The summed E-state index contributed by atoms with van der Waals surface area (Å²) in [5.74, 6) is -0.471. The van der Waals surface area contributed by atoms with Crippen molar-refractivity contribution in [2.45, 2.75) is 20.8 Å². The van der Waals surface area contributed by atoms with Gasteiger partial charge in [-0.2, -0.15) is 0 Å². The van der Waals surface area contributed by atoms with E-state index in [1.807, 2.05) is 19.9 Å². The zero-order valence-corrected chi connectivity index (χ0v) is 6.61. The molecule has 0 aromatic rings. The first-order valence-corrected chi connectivity index (χ1v) is 3.11. The van der Waals surface area contributed by atoms with Crippen molar-refractivity contribution in [1.29, 1.82) is 0 Å². The molecule has 1 nitrogen and oxygen atoms in total. The summed E-state index contributed by atoms with van der Waals surface area (Å²) in [6.07, 6.45) is 1.81. The van der Waals surface area contributed by atoms with Crippen LogP contribution >= 0.6 is 0 Å². The number of rotatable bonds is 2. The summed E-state index contributed by atoms with van der Waals surface area (Å²) in [6, 6.07) is 0. The van der Waals surface area contributed by atoms with Crippen LogP contribution in [0.25, 0.3) is 0 Å². The third-order valence-corrected chi connectivity index (χ3v) is 1.15. The molecule has 0 atom stereocenters. The Morgan fingerprint density at radius 3 is 2.30 bits per heavy atom. The molecule has 0 aliphatic carbocycles. The first kappa shape index (κ1) is 9.08. The van der Waals surface area contributed by atoms with Crippen LogP contribution in [0.3, 0.4) is 0 Å². The molecule has 2 heteroatoms. The van der Waals surface area contributed by atoms with Gasteiger partial charge in [0.05, 0.1) is 5.71 Å². The van der Waals surface area contributed by atoms with Crippen molar-refractivity contribution >= 4 is 5.71 Å². The van der Waals surface area contributed by atoms with E-state index in [-0.39, 0.29) is 0 Å². The van der Waals surface area contributed by atoms with Crippen molar-refractivity contribution < 1.29 is 4.39 Å². The Hall–Kier alpha value is -0.920. The smallest absolute Gasteiger partial charge is 0.137 e. The van der Waals surface area contributed by atoms with E-state index in [1.54, 1.807) is 6.92 Å². The van der Waals surface area contributed by atoms with Crippen LogP contribution in [-0.4, -0.2) is 5.71 Å². The lowest BCUT2D eigenvalue weighted by molar-refractivity contribution is 0.684. The van der Waals surface area contributed by atoms with E-state index in [2.05, 4.69) is 11.6 Å². The number of allylic oxidation sites excluding steroid dienone is 3. The van der Waals surface area contributed by atoms with Crippen LogP contribution in [0.15, 0.2) is 29.2 Å². The molecule has 0 saturated heterocycles. The second-order valence-electron chi connectivity index (χ2n) is 2.03. The van der Waals surface area contributed by atoms with Gasteiger partial charge in [0, 0.05) is 5.70 Å². The zero-order valence-electron chi connectivity index (χ0n) is 6.61. The van der Waals surface area contributed by atoms with Crippen LogP contribution in [0.4, 0.5) is 4.39 Å². The van der Waals surface area contributed by atoms with Crippen LogP contribution in [0.2, 0.25) is 0 Å². The van der Waals surface area contributed by atoms with Crippen LogP contribution in [-0.2, 0) is 0 Å². The molecule has 10 heavy (non-hydrogen) atoms. The maximum Gasteiger partial charge on any atom is 0.137 e. The van der Waals surface area contributed by atoms with Gasteiger partial charge in [-0.25, -0.2) is 4.39 Å². The van der Waals surface area contributed by atoms with Crippen LogP contribution < -0.4 is 0 Å². The summed E-state index contributed by atoms with van der Waals surface area (Å²) >= 11 is 0. The van der Waals surface area contributed by atoms with Gasteiger partial charge >= 0.3 is 0 Å². The molecule has 0 unspecified atom stereocenters. The Kier molecular flexibility index (Phi) is 3.62. The van der Waals surface area contributed by atoms with E-state index in [0.29, 0.717) is 5.71 Å². The van der Waals surface area contributed by atoms with Crippen molar-refractivity contribution in [3.63, 3.8) is 0 Å². The molecule has 0 N–H and O–H groups in total. The Bertz CT molecular complexity index is 189. The Labute approximate surface area is 61.0 Å². The first-order chi connectivity index (χ1) is 4.57. The Morgan fingerprint density at radius 1 is 1.50 bits per heavy atom. The standard InChI is InChI=1S/C8H12FN/c1-5-6(2)10-8(4)7(3)9/h5H,3H2,1-2,4H3/b6-5-,10-8?. The molecule has 0 amide bonds. The van der Waals surface area contributed by atoms with E-state index in [4.69, 9.17) is 0 Å². The highest BCUT2D eigenvalue weighted by molar-refractivity contribution is 5.96. The van der Waals surface area contributed by atoms with Crippen molar-refractivity contribution in [2.75, 3.05) is 0 Å². The molecule has 0 heterocycles. The number of halogens is 1. The normalized spacial score (nSPS) is 13.6. The molecule has 0 aromatic heterocycles. The predicted molar refractivity (Wildman–Crippen MR) is 42.8 cm³/mol. The van der Waals surface area contributed by atoms with Gasteiger partial charge in [0.15, 0.2) is 0 Å². The molecular formula is C8H12FN. The number of hydrogen-bond acceptors (Lipinski definition) is 1. The number of nitrogens with zero attached hydrogens (tertiary/aromatic N) is 1. The lowest BCUT2D eigenvalue weighted by Crippen LogP contribution is -1.89. The molecule has 0 rings (SSSR count). The van der Waals surface area contributed by atoms with E-state index in [9.17, 15) is 4.39 Å². The monoisotopic (exact) mass is 141 g/mol. The average molecular weight is 141 g/mol. The molecule has 0 fully saturated rings. The molecule has 0 saturated carbocycles. The molecule has 0 spiro atoms. The lowest BCUT2D eigenvalue weighted by atomic mass is 10.4. The maximum absolute atomic E-state index is 12.2. The number of hydrogen-bond donors (Lipinski definition) is 0. The molecule has 0 aromatic carbocycles. The fourth-order valence-corrected chi connectivity index (χ4v) is 0.390. The lowest BCUT2D eigenvalue weighted by Gasteiger charge is -1.93. The third-order valence-electron chi connectivity index (χ3n) is 1.15.